The molecule has 3 unspecified atom stereocenters. The van der Waals surface area contributed by atoms with Crippen LogP contribution < -0.4 is 5.32 Å². The van der Waals surface area contributed by atoms with Gasteiger partial charge in [0.15, 0.2) is 0 Å². The largest absolute Gasteiger partial charge is 0.481 e. The van der Waals surface area contributed by atoms with Crippen molar-refractivity contribution in [3.05, 3.63) is 16.1 Å². The van der Waals surface area contributed by atoms with Gasteiger partial charge < -0.3 is 15.3 Å². The molecule has 7 heteroatoms. The van der Waals surface area contributed by atoms with Gasteiger partial charge in [-0.1, -0.05) is 0 Å². The van der Waals surface area contributed by atoms with Gasteiger partial charge in [0.25, 0.3) is 0 Å². The van der Waals surface area contributed by atoms with Crippen LogP contribution in [0.3, 0.4) is 0 Å². The van der Waals surface area contributed by atoms with E-state index in [9.17, 15) is 14.7 Å². The molecule has 3 rings (SSSR count). The number of carboxylic acids is 1. The fraction of sp³-hybridized carbons (Fsp3) is 0.643. The van der Waals surface area contributed by atoms with Crippen LogP contribution in [-0.4, -0.2) is 45.6 Å². The van der Waals surface area contributed by atoms with Crippen molar-refractivity contribution in [3.8, 4) is 0 Å². The minimum atomic E-state index is -0.780. The first-order valence-corrected chi connectivity index (χ1v) is 8.14. The monoisotopic (exact) mass is 309 g/mol. The molecule has 21 heavy (non-hydrogen) atoms. The summed E-state index contributed by atoms with van der Waals surface area (Å²) >= 11 is 1.60. The van der Waals surface area contributed by atoms with Crippen molar-refractivity contribution in [1.82, 2.24) is 15.2 Å². The Bertz CT molecular complexity index is 559. The lowest BCUT2D eigenvalue weighted by molar-refractivity contribution is -0.142. The van der Waals surface area contributed by atoms with Crippen LogP contribution in [-0.2, 0) is 11.2 Å². The number of carbonyl (C=O) groups is 2. The number of aromatic nitrogens is 1. The number of amides is 2. The molecule has 2 bridgehead atoms. The third-order valence-electron chi connectivity index (χ3n) is 4.41. The van der Waals surface area contributed by atoms with Gasteiger partial charge in [-0.15, -0.1) is 11.3 Å². The normalized spacial score (nSPS) is 27.1. The van der Waals surface area contributed by atoms with Crippen molar-refractivity contribution >= 4 is 23.3 Å². The van der Waals surface area contributed by atoms with E-state index >= 15 is 0 Å². The molecule has 1 aromatic heterocycles. The maximum Gasteiger partial charge on any atom is 0.317 e. The van der Waals surface area contributed by atoms with Crippen LogP contribution in [0.25, 0.3) is 0 Å². The Morgan fingerprint density at radius 2 is 2.33 bits per heavy atom. The lowest BCUT2D eigenvalue weighted by Crippen LogP contribution is -2.44. The molecule has 1 aromatic rings. The molecule has 0 spiro atoms. The minimum absolute atomic E-state index is 0.0950. The van der Waals surface area contributed by atoms with Crippen LogP contribution >= 0.6 is 11.3 Å². The van der Waals surface area contributed by atoms with E-state index in [4.69, 9.17) is 0 Å². The molecule has 6 nitrogen and oxygen atoms in total. The van der Waals surface area contributed by atoms with E-state index in [1.807, 2.05) is 12.3 Å². The average Bonchev–Trinajstić information content (AvgIpc) is 3.12. The highest BCUT2D eigenvalue weighted by molar-refractivity contribution is 7.09. The van der Waals surface area contributed by atoms with Crippen LogP contribution in [0.1, 0.15) is 30.0 Å². The lowest BCUT2D eigenvalue weighted by Gasteiger charge is -2.23. The van der Waals surface area contributed by atoms with E-state index < -0.39 is 11.9 Å². The van der Waals surface area contributed by atoms with Crippen molar-refractivity contribution in [2.24, 2.45) is 5.92 Å². The van der Waals surface area contributed by atoms with Gasteiger partial charge in [-0.2, -0.15) is 0 Å². The highest BCUT2D eigenvalue weighted by atomic mass is 32.1. The Kier molecular flexibility index (Phi) is 3.84. The molecule has 0 radical (unpaired) electrons. The maximum absolute atomic E-state index is 12.3. The van der Waals surface area contributed by atoms with Crippen molar-refractivity contribution in [2.45, 2.75) is 44.7 Å². The summed E-state index contributed by atoms with van der Waals surface area (Å²) in [6.45, 7) is 2.50. The van der Waals surface area contributed by atoms with Crippen molar-refractivity contribution in [2.75, 3.05) is 6.54 Å². The Morgan fingerprint density at radius 3 is 2.95 bits per heavy atom. The smallest absolute Gasteiger partial charge is 0.317 e. The molecule has 0 saturated carbocycles. The molecule has 2 N–H and O–H groups in total. The van der Waals surface area contributed by atoms with E-state index in [0.29, 0.717) is 19.4 Å². The first-order chi connectivity index (χ1) is 10.1. The number of nitrogens with zero attached hydrogens (tertiary/aromatic N) is 2. The third kappa shape index (κ3) is 2.74. The average molecular weight is 309 g/mol. The van der Waals surface area contributed by atoms with Gasteiger partial charge >= 0.3 is 12.0 Å². The van der Waals surface area contributed by atoms with Crippen molar-refractivity contribution in [1.29, 1.82) is 0 Å². The van der Waals surface area contributed by atoms with Gasteiger partial charge in [-0.3, -0.25) is 4.79 Å². The lowest BCUT2D eigenvalue weighted by atomic mass is 9.89. The van der Waals surface area contributed by atoms with E-state index in [1.165, 1.54) is 0 Å². The number of thiazole rings is 1. The third-order valence-corrected chi connectivity index (χ3v) is 5.23. The predicted octanol–water partition coefficient (Wildman–Crippen LogP) is 1.64. The van der Waals surface area contributed by atoms with Gasteiger partial charge in [0.2, 0.25) is 0 Å². The molecule has 2 aliphatic rings. The molecule has 0 aromatic carbocycles. The summed E-state index contributed by atoms with van der Waals surface area (Å²) in [7, 11) is 0. The Hall–Kier alpha value is -1.63. The van der Waals surface area contributed by atoms with E-state index in [0.717, 1.165) is 23.5 Å². The summed E-state index contributed by atoms with van der Waals surface area (Å²) < 4.78 is 0. The first kappa shape index (κ1) is 14.3. The summed E-state index contributed by atoms with van der Waals surface area (Å²) in [6, 6.07) is -0.162. The van der Waals surface area contributed by atoms with Crippen LogP contribution in [0.5, 0.6) is 0 Å². The Balaban J connectivity index is 1.53. The summed E-state index contributed by atoms with van der Waals surface area (Å²) in [5.41, 5.74) is 0.991. The molecular weight excluding hydrogens is 290 g/mol. The molecule has 0 aliphatic carbocycles. The summed E-state index contributed by atoms with van der Waals surface area (Å²) in [5.74, 6) is -1.17. The number of carbonyl (C=O) groups excluding carboxylic acids is 1. The van der Waals surface area contributed by atoms with Gasteiger partial charge in [0.05, 0.1) is 16.6 Å². The van der Waals surface area contributed by atoms with Crippen LogP contribution in [0.4, 0.5) is 4.79 Å². The molecule has 3 atom stereocenters. The number of carboxylic acid groups (broad SMARTS) is 1. The number of hydrogen-bond donors (Lipinski definition) is 2. The number of aryl methyl sites for hydroxylation is 1. The van der Waals surface area contributed by atoms with Gasteiger partial charge in [-0.05, 0) is 26.2 Å². The zero-order chi connectivity index (χ0) is 15.0. The van der Waals surface area contributed by atoms with Gasteiger partial charge in [-0.25, -0.2) is 9.78 Å². The number of nitrogens with one attached hydrogen (secondary N) is 1. The second kappa shape index (κ2) is 5.63. The standard InChI is InChI=1S/C14H19N3O3S/c1-8-16-9(7-21-8)4-5-15-14(20)17-10-2-3-12(17)11(6-10)13(18)19/h7,10-12H,2-6H2,1H3,(H,15,20)(H,18,19). The fourth-order valence-corrected chi connectivity index (χ4v) is 4.13. The van der Waals surface area contributed by atoms with Crippen LogP contribution in [0, 0.1) is 12.8 Å². The Morgan fingerprint density at radius 1 is 1.52 bits per heavy atom. The number of rotatable bonds is 4. The molecule has 2 fully saturated rings. The summed E-state index contributed by atoms with van der Waals surface area (Å²) in [4.78, 5) is 29.6. The number of urea groups is 1. The predicted molar refractivity (Wildman–Crippen MR) is 78.3 cm³/mol. The van der Waals surface area contributed by atoms with Gasteiger partial charge in [0, 0.05) is 30.4 Å². The fourth-order valence-electron chi connectivity index (χ4n) is 3.48. The summed E-state index contributed by atoms with van der Waals surface area (Å²) in [5, 5.41) is 15.1. The van der Waals surface area contributed by atoms with E-state index in [2.05, 4.69) is 10.3 Å². The van der Waals surface area contributed by atoms with Crippen molar-refractivity contribution in [3.63, 3.8) is 0 Å². The molecule has 2 saturated heterocycles. The maximum atomic E-state index is 12.3. The van der Waals surface area contributed by atoms with Gasteiger partial charge in [0.1, 0.15) is 0 Å². The van der Waals surface area contributed by atoms with Crippen LogP contribution in [0.2, 0.25) is 0 Å². The van der Waals surface area contributed by atoms with E-state index in [1.54, 1.807) is 16.2 Å². The molecule has 114 valence electrons. The molecule has 2 aliphatic heterocycles. The molecule has 3 heterocycles. The second-order valence-electron chi connectivity index (χ2n) is 5.73. The first-order valence-electron chi connectivity index (χ1n) is 7.26. The second-order valence-corrected chi connectivity index (χ2v) is 6.79. The highest BCUT2D eigenvalue weighted by Gasteiger charge is 2.51. The SMILES string of the molecule is Cc1nc(CCNC(=O)N2C3CCC2C(C(=O)O)C3)cs1. The highest BCUT2D eigenvalue weighted by Crippen LogP contribution is 2.41. The van der Waals surface area contributed by atoms with Crippen molar-refractivity contribution < 1.29 is 14.7 Å². The number of aliphatic carboxylic acids is 1. The Labute approximate surface area is 127 Å². The minimum Gasteiger partial charge on any atom is -0.481 e. The number of fused-ring (bicyclic) bond motifs is 2. The molecular formula is C14H19N3O3S. The molecule has 2 amide bonds. The zero-order valence-corrected chi connectivity index (χ0v) is 12.7. The number of hydrogen-bond acceptors (Lipinski definition) is 4. The van der Waals surface area contributed by atoms with E-state index in [-0.39, 0.29) is 18.1 Å². The topological polar surface area (TPSA) is 82.5 Å². The zero-order valence-electron chi connectivity index (χ0n) is 11.9. The van der Waals surface area contributed by atoms with Crippen LogP contribution in [0.15, 0.2) is 5.38 Å². The summed E-state index contributed by atoms with van der Waals surface area (Å²) in [6.07, 6.45) is 3.04. The quantitative estimate of drug-likeness (QED) is 0.886.